The molecule has 0 unspecified atom stereocenters. The highest BCUT2D eigenvalue weighted by atomic mass is 35.5. The van der Waals surface area contributed by atoms with E-state index in [1.54, 1.807) is 6.07 Å². The Bertz CT molecular complexity index is 639. The highest BCUT2D eigenvalue weighted by Crippen LogP contribution is 2.41. The molecule has 0 aliphatic heterocycles. The van der Waals surface area contributed by atoms with Gasteiger partial charge in [-0.2, -0.15) is 0 Å². The molecule has 1 heterocycles. The number of nitrogens with zero attached hydrogens (tertiary/aromatic N) is 4. The first-order valence-corrected chi connectivity index (χ1v) is 7.67. The topological polar surface area (TPSA) is 69.6 Å². The van der Waals surface area contributed by atoms with Gasteiger partial charge in [0.05, 0.1) is 6.04 Å². The third-order valence-electron chi connectivity index (χ3n) is 4.40. The maximum absolute atomic E-state index is 6.06. The van der Waals surface area contributed by atoms with Gasteiger partial charge in [0.1, 0.15) is 0 Å². The molecular formula is C15H20ClN5. The summed E-state index contributed by atoms with van der Waals surface area (Å²) in [7, 11) is 0. The summed E-state index contributed by atoms with van der Waals surface area (Å²) in [5.74, 6) is 0.730. The minimum atomic E-state index is 0.345. The second-order valence-corrected chi connectivity index (χ2v) is 7.01. The number of nitrogen functional groups attached to an aromatic ring is 1. The maximum atomic E-state index is 6.06. The molecule has 0 radical (unpaired) electrons. The molecule has 0 amide bonds. The largest absolute Gasteiger partial charge is 0.398 e. The maximum Gasteiger partial charge on any atom is 0.184 e. The van der Waals surface area contributed by atoms with Gasteiger partial charge in [-0.15, -0.1) is 5.10 Å². The zero-order valence-corrected chi connectivity index (χ0v) is 13.1. The lowest BCUT2D eigenvalue weighted by atomic mass is 9.75. The minimum absolute atomic E-state index is 0.345. The highest BCUT2D eigenvalue weighted by Gasteiger charge is 2.30. The fraction of sp³-hybridized carbons (Fsp3) is 0.533. The third-order valence-corrected chi connectivity index (χ3v) is 4.64. The minimum Gasteiger partial charge on any atom is -0.398 e. The summed E-state index contributed by atoms with van der Waals surface area (Å²) in [4.78, 5) is 0. The molecule has 3 rings (SSSR count). The van der Waals surface area contributed by atoms with Crippen molar-refractivity contribution in [2.24, 2.45) is 5.41 Å². The van der Waals surface area contributed by atoms with Crippen LogP contribution in [0.4, 0.5) is 5.69 Å². The molecule has 112 valence electrons. The summed E-state index contributed by atoms with van der Waals surface area (Å²) in [6.45, 7) is 4.64. The molecule has 1 aliphatic carbocycles. The van der Waals surface area contributed by atoms with Gasteiger partial charge in [0, 0.05) is 16.3 Å². The zero-order valence-electron chi connectivity index (χ0n) is 12.4. The van der Waals surface area contributed by atoms with Crippen LogP contribution in [0.2, 0.25) is 5.02 Å². The normalized spacial score (nSPS) is 18.8. The molecule has 0 saturated heterocycles. The molecular weight excluding hydrogens is 286 g/mol. The SMILES string of the molecule is CC1(C)CCC(n2nnnc2-c2ccc(Cl)cc2N)CC1. The van der Waals surface area contributed by atoms with E-state index in [9.17, 15) is 0 Å². The van der Waals surface area contributed by atoms with Crippen LogP contribution in [-0.4, -0.2) is 20.2 Å². The van der Waals surface area contributed by atoms with Crippen LogP contribution in [0.5, 0.6) is 0 Å². The van der Waals surface area contributed by atoms with E-state index in [0.29, 0.717) is 22.2 Å². The number of nitrogens with two attached hydrogens (primary N) is 1. The van der Waals surface area contributed by atoms with Crippen LogP contribution in [0, 0.1) is 5.41 Å². The van der Waals surface area contributed by atoms with Gasteiger partial charge in [-0.05, 0) is 59.7 Å². The predicted molar refractivity (Wildman–Crippen MR) is 84.0 cm³/mol. The van der Waals surface area contributed by atoms with Gasteiger partial charge < -0.3 is 5.73 Å². The molecule has 21 heavy (non-hydrogen) atoms. The van der Waals surface area contributed by atoms with Crippen LogP contribution < -0.4 is 5.73 Å². The molecule has 0 atom stereocenters. The standard InChI is InChI=1S/C15H20ClN5/c1-15(2)7-5-11(6-8-15)21-14(18-19-20-21)12-4-3-10(16)9-13(12)17/h3-4,9,11H,5-8,17H2,1-2H3. The lowest BCUT2D eigenvalue weighted by Crippen LogP contribution is -2.24. The molecule has 2 N–H and O–H groups in total. The first-order valence-electron chi connectivity index (χ1n) is 7.29. The number of rotatable bonds is 2. The smallest absolute Gasteiger partial charge is 0.184 e. The predicted octanol–water partition coefficient (Wildman–Crippen LogP) is 3.72. The van der Waals surface area contributed by atoms with E-state index in [4.69, 9.17) is 17.3 Å². The van der Waals surface area contributed by atoms with Crippen molar-refractivity contribution in [1.82, 2.24) is 20.2 Å². The van der Waals surface area contributed by atoms with E-state index in [2.05, 4.69) is 29.4 Å². The van der Waals surface area contributed by atoms with E-state index >= 15 is 0 Å². The van der Waals surface area contributed by atoms with Gasteiger partial charge >= 0.3 is 0 Å². The molecule has 1 aromatic heterocycles. The van der Waals surface area contributed by atoms with Crippen LogP contribution in [0.25, 0.3) is 11.4 Å². The lowest BCUT2D eigenvalue weighted by Gasteiger charge is -2.34. The Morgan fingerprint density at radius 3 is 2.67 bits per heavy atom. The molecule has 0 spiro atoms. The molecule has 2 aromatic rings. The van der Waals surface area contributed by atoms with Crippen LogP contribution in [0.15, 0.2) is 18.2 Å². The number of anilines is 1. The molecule has 0 bridgehead atoms. The average Bonchev–Trinajstić information content (AvgIpc) is 2.88. The quantitative estimate of drug-likeness (QED) is 0.859. The van der Waals surface area contributed by atoms with Crippen molar-refractivity contribution in [3.05, 3.63) is 23.2 Å². The van der Waals surface area contributed by atoms with Crippen molar-refractivity contribution >= 4 is 17.3 Å². The molecule has 1 aliphatic rings. The summed E-state index contributed by atoms with van der Waals surface area (Å²) >= 11 is 5.96. The number of aromatic nitrogens is 4. The number of hydrogen-bond donors (Lipinski definition) is 1. The zero-order chi connectivity index (χ0) is 15.0. The molecule has 1 aromatic carbocycles. The van der Waals surface area contributed by atoms with E-state index in [1.165, 1.54) is 12.8 Å². The van der Waals surface area contributed by atoms with E-state index < -0.39 is 0 Å². The second-order valence-electron chi connectivity index (χ2n) is 6.57. The van der Waals surface area contributed by atoms with Crippen LogP contribution in [0.3, 0.4) is 0 Å². The molecule has 1 saturated carbocycles. The third kappa shape index (κ3) is 2.88. The Hall–Kier alpha value is -1.62. The van der Waals surface area contributed by atoms with Gasteiger partial charge in [-0.25, -0.2) is 4.68 Å². The fourth-order valence-electron chi connectivity index (χ4n) is 2.98. The molecule has 5 nitrogen and oxygen atoms in total. The highest BCUT2D eigenvalue weighted by molar-refractivity contribution is 6.31. The van der Waals surface area contributed by atoms with Crippen molar-refractivity contribution < 1.29 is 0 Å². The Balaban J connectivity index is 1.91. The van der Waals surface area contributed by atoms with E-state index in [-0.39, 0.29) is 0 Å². The first-order chi connectivity index (χ1) is 9.96. The van der Waals surface area contributed by atoms with Crippen LogP contribution in [0.1, 0.15) is 45.6 Å². The molecule has 1 fully saturated rings. The lowest BCUT2D eigenvalue weighted by molar-refractivity contribution is 0.185. The summed E-state index contributed by atoms with van der Waals surface area (Å²) < 4.78 is 1.93. The van der Waals surface area contributed by atoms with E-state index in [0.717, 1.165) is 24.2 Å². The van der Waals surface area contributed by atoms with Crippen molar-refractivity contribution in [2.75, 3.05) is 5.73 Å². The monoisotopic (exact) mass is 305 g/mol. The Labute approximate surface area is 129 Å². The van der Waals surface area contributed by atoms with Crippen molar-refractivity contribution in [3.63, 3.8) is 0 Å². The van der Waals surface area contributed by atoms with Gasteiger partial charge in [-0.1, -0.05) is 25.4 Å². The Morgan fingerprint density at radius 2 is 2.00 bits per heavy atom. The number of halogens is 1. The summed E-state index contributed by atoms with van der Waals surface area (Å²) in [5, 5.41) is 12.8. The van der Waals surface area contributed by atoms with Gasteiger partial charge in [0.15, 0.2) is 5.82 Å². The van der Waals surface area contributed by atoms with E-state index in [1.807, 2.05) is 16.8 Å². The average molecular weight is 306 g/mol. The summed E-state index contributed by atoms with van der Waals surface area (Å²) in [6, 6.07) is 5.78. The summed E-state index contributed by atoms with van der Waals surface area (Å²) in [5.41, 5.74) is 7.93. The first kappa shape index (κ1) is 14.3. The van der Waals surface area contributed by atoms with Crippen molar-refractivity contribution in [1.29, 1.82) is 0 Å². The van der Waals surface area contributed by atoms with Gasteiger partial charge in [0.25, 0.3) is 0 Å². The van der Waals surface area contributed by atoms with Crippen molar-refractivity contribution in [2.45, 2.75) is 45.6 Å². The van der Waals surface area contributed by atoms with Crippen LogP contribution in [-0.2, 0) is 0 Å². The fourth-order valence-corrected chi connectivity index (χ4v) is 3.16. The Morgan fingerprint density at radius 1 is 1.29 bits per heavy atom. The number of hydrogen-bond acceptors (Lipinski definition) is 4. The number of tetrazole rings is 1. The van der Waals surface area contributed by atoms with Gasteiger partial charge in [-0.3, -0.25) is 0 Å². The Kier molecular flexibility index (Phi) is 3.61. The molecule has 6 heteroatoms. The van der Waals surface area contributed by atoms with Crippen molar-refractivity contribution in [3.8, 4) is 11.4 Å². The number of benzene rings is 1. The summed E-state index contributed by atoms with van der Waals surface area (Å²) in [6.07, 6.45) is 4.57. The van der Waals surface area contributed by atoms with Crippen LogP contribution >= 0.6 is 11.6 Å². The van der Waals surface area contributed by atoms with Gasteiger partial charge in [0.2, 0.25) is 0 Å². The second kappa shape index (κ2) is 5.30.